The third-order valence-electron chi connectivity index (χ3n) is 4.76. The molecule has 0 radical (unpaired) electrons. The number of carbonyl (C=O) groups is 1. The van der Waals surface area contributed by atoms with E-state index < -0.39 is 0 Å². The van der Waals surface area contributed by atoms with Gasteiger partial charge < -0.3 is 4.90 Å². The second-order valence-electron chi connectivity index (χ2n) is 6.01. The fourth-order valence-electron chi connectivity index (χ4n) is 3.75. The lowest BCUT2D eigenvalue weighted by atomic mass is 9.83. The third kappa shape index (κ3) is 2.83. The number of amides is 1. The Kier molecular flexibility index (Phi) is 3.86. The molecule has 1 aliphatic carbocycles. The molecule has 1 unspecified atom stereocenters. The summed E-state index contributed by atoms with van der Waals surface area (Å²) in [6.07, 6.45) is 8.58. The van der Waals surface area contributed by atoms with Gasteiger partial charge in [-0.25, -0.2) is 0 Å². The maximum Gasteiger partial charge on any atom is 0.223 e. The van der Waals surface area contributed by atoms with Crippen LogP contribution in [0.5, 0.6) is 0 Å². The summed E-state index contributed by atoms with van der Waals surface area (Å²) in [7, 11) is 0. The first-order chi connectivity index (χ1) is 9.34. The topological polar surface area (TPSA) is 20.3 Å². The van der Waals surface area contributed by atoms with Crippen molar-refractivity contribution in [3.63, 3.8) is 0 Å². The second-order valence-corrected chi connectivity index (χ2v) is 6.01. The number of benzene rings is 1. The van der Waals surface area contributed by atoms with Crippen molar-refractivity contribution in [3.8, 4) is 0 Å². The smallest absolute Gasteiger partial charge is 0.223 e. The van der Waals surface area contributed by atoms with E-state index in [1.807, 2.05) is 6.07 Å². The normalized spacial score (nSPS) is 24.9. The van der Waals surface area contributed by atoms with Crippen LogP contribution in [0.15, 0.2) is 30.3 Å². The predicted octanol–water partition coefficient (Wildman–Crippen LogP) is 3.76. The van der Waals surface area contributed by atoms with Gasteiger partial charge in [-0.3, -0.25) is 4.79 Å². The summed E-state index contributed by atoms with van der Waals surface area (Å²) in [4.78, 5) is 14.3. The van der Waals surface area contributed by atoms with Gasteiger partial charge in [-0.2, -0.15) is 0 Å². The molecular formula is C17H23NO. The van der Waals surface area contributed by atoms with Crippen molar-refractivity contribution in [1.82, 2.24) is 4.90 Å². The number of hydrogen-bond donors (Lipinski definition) is 0. The largest absolute Gasteiger partial charge is 0.335 e. The molecule has 3 rings (SSSR count). The lowest BCUT2D eigenvalue weighted by Gasteiger charge is -2.34. The molecule has 0 spiro atoms. The quantitative estimate of drug-likeness (QED) is 0.807. The number of carbonyl (C=O) groups excluding carboxylic acids is 1. The fourth-order valence-corrected chi connectivity index (χ4v) is 3.75. The van der Waals surface area contributed by atoms with Gasteiger partial charge >= 0.3 is 0 Å². The molecule has 102 valence electrons. The van der Waals surface area contributed by atoms with E-state index in [-0.39, 0.29) is 0 Å². The van der Waals surface area contributed by atoms with Crippen molar-refractivity contribution >= 4 is 5.91 Å². The highest BCUT2D eigenvalue weighted by molar-refractivity contribution is 5.78. The highest BCUT2D eigenvalue weighted by Crippen LogP contribution is 2.35. The van der Waals surface area contributed by atoms with Crippen LogP contribution in [0.4, 0.5) is 0 Å². The highest BCUT2D eigenvalue weighted by Gasteiger charge is 2.36. The number of likely N-dealkylation sites (tertiary alicyclic amines) is 1. The molecule has 2 heteroatoms. The first-order valence-electron chi connectivity index (χ1n) is 7.68. The average molecular weight is 257 g/mol. The molecule has 1 amide bonds. The van der Waals surface area contributed by atoms with E-state index in [0.717, 1.165) is 25.3 Å². The van der Waals surface area contributed by atoms with Crippen LogP contribution in [0.2, 0.25) is 0 Å². The van der Waals surface area contributed by atoms with E-state index in [0.29, 0.717) is 11.9 Å². The van der Waals surface area contributed by atoms with Crippen LogP contribution in [-0.2, 0) is 11.3 Å². The summed E-state index contributed by atoms with van der Waals surface area (Å²) < 4.78 is 0. The summed E-state index contributed by atoms with van der Waals surface area (Å²) >= 11 is 0. The highest BCUT2D eigenvalue weighted by atomic mass is 16.2. The van der Waals surface area contributed by atoms with Crippen LogP contribution in [0.3, 0.4) is 0 Å². The van der Waals surface area contributed by atoms with Gasteiger partial charge in [-0.15, -0.1) is 0 Å². The number of nitrogens with zero attached hydrogens (tertiary/aromatic N) is 1. The van der Waals surface area contributed by atoms with Gasteiger partial charge in [0.1, 0.15) is 0 Å². The molecule has 1 saturated carbocycles. The van der Waals surface area contributed by atoms with Crippen molar-refractivity contribution in [2.75, 3.05) is 0 Å². The van der Waals surface area contributed by atoms with Gasteiger partial charge in [0, 0.05) is 19.0 Å². The fraction of sp³-hybridized carbons (Fsp3) is 0.588. The summed E-state index contributed by atoms with van der Waals surface area (Å²) in [5, 5.41) is 0. The summed E-state index contributed by atoms with van der Waals surface area (Å²) in [5.41, 5.74) is 1.26. The third-order valence-corrected chi connectivity index (χ3v) is 4.76. The van der Waals surface area contributed by atoms with Gasteiger partial charge in [-0.05, 0) is 30.7 Å². The van der Waals surface area contributed by atoms with E-state index in [1.165, 1.54) is 37.7 Å². The monoisotopic (exact) mass is 257 g/mol. The van der Waals surface area contributed by atoms with Gasteiger partial charge in [-0.1, -0.05) is 49.6 Å². The molecule has 1 aromatic carbocycles. The zero-order valence-electron chi connectivity index (χ0n) is 11.6. The molecule has 1 heterocycles. The predicted molar refractivity (Wildman–Crippen MR) is 76.6 cm³/mol. The second kappa shape index (κ2) is 5.77. The first kappa shape index (κ1) is 12.7. The van der Waals surface area contributed by atoms with Crippen molar-refractivity contribution < 1.29 is 4.79 Å². The standard InChI is InChI=1S/C17H23NO/c19-17-12-11-16(15-9-5-2-6-10-15)18(17)13-14-7-3-1-4-8-14/h1,3-4,7-8,15-16H,2,5-6,9-13H2. The summed E-state index contributed by atoms with van der Waals surface area (Å²) in [6.45, 7) is 0.806. The van der Waals surface area contributed by atoms with E-state index in [9.17, 15) is 4.79 Å². The van der Waals surface area contributed by atoms with E-state index in [4.69, 9.17) is 0 Å². The van der Waals surface area contributed by atoms with Crippen molar-refractivity contribution in [2.24, 2.45) is 5.92 Å². The maximum atomic E-state index is 12.2. The Morgan fingerprint density at radius 2 is 1.74 bits per heavy atom. The lowest BCUT2D eigenvalue weighted by Crippen LogP contribution is -2.38. The minimum absolute atomic E-state index is 0.361. The van der Waals surface area contributed by atoms with Crippen LogP contribution < -0.4 is 0 Å². The van der Waals surface area contributed by atoms with Crippen LogP contribution >= 0.6 is 0 Å². The molecule has 0 bridgehead atoms. The Bertz CT molecular complexity index is 422. The Labute approximate surface area is 115 Å². The molecule has 2 nitrogen and oxygen atoms in total. The van der Waals surface area contributed by atoms with Gasteiger partial charge in [0.2, 0.25) is 5.91 Å². The van der Waals surface area contributed by atoms with Crippen LogP contribution in [-0.4, -0.2) is 16.8 Å². The Morgan fingerprint density at radius 1 is 1.00 bits per heavy atom. The lowest BCUT2D eigenvalue weighted by molar-refractivity contribution is -0.130. The molecule has 1 aromatic rings. The average Bonchev–Trinajstić information content (AvgIpc) is 2.82. The van der Waals surface area contributed by atoms with E-state index in [2.05, 4.69) is 29.2 Å². The Hall–Kier alpha value is -1.31. The van der Waals surface area contributed by atoms with Gasteiger partial charge in [0.05, 0.1) is 0 Å². The first-order valence-corrected chi connectivity index (χ1v) is 7.68. The SMILES string of the molecule is O=C1CCC(C2CCCCC2)N1Cc1ccccc1. The van der Waals surface area contributed by atoms with Crippen LogP contribution in [0.25, 0.3) is 0 Å². The zero-order valence-corrected chi connectivity index (χ0v) is 11.6. The van der Waals surface area contributed by atoms with Gasteiger partial charge in [0.15, 0.2) is 0 Å². The molecule has 1 atom stereocenters. The van der Waals surface area contributed by atoms with E-state index >= 15 is 0 Å². The molecule has 1 aliphatic heterocycles. The molecule has 2 fully saturated rings. The minimum Gasteiger partial charge on any atom is -0.335 e. The number of hydrogen-bond acceptors (Lipinski definition) is 1. The molecular weight excluding hydrogens is 234 g/mol. The van der Waals surface area contributed by atoms with E-state index in [1.54, 1.807) is 0 Å². The molecule has 1 saturated heterocycles. The maximum absolute atomic E-state index is 12.2. The van der Waals surface area contributed by atoms with Gasteiger partial charge in [0.25, 0.3) is 0 Å². The summed E-state index contributed by atoms with van der Waals surface area (Å²) in [6, 6.07) is 10.9. The zero-order chi connectivity index (χ0) is 13.1. The minimum atomic E-state index is 0.361. The van der Waals surface area contributed by atoms with Crippen LogP contribution in [0.1, 0.15) is 50.5 Å². The van der Waals surface area contributed by atoms with Crippen molar-refractivity contribution in [1.29, 1.82) is 0 Å². The Balaban J connectivity index is 1.71. The Morgan fingerprint density at radius 3 is 2.47 bits per heavy atom. The molecule has 0 N–H and O–H groups in total. The van der Waals surface area contributed by atoms with Crippen LogP contribution in [0, 0.1) is 5.92 Å². The van der Waals surface area contributed by atoms with Crippen molar-refractivity contribution in [2.45, 2.75) is 57.5 Å². The number of rotatable bonds is 3. The van der Waals surface area contributed by atoms with Crippen molar-refractivity contribution in [3.05, 3.63) is 35.9 Å². The molecule has 2 aliphatic rings. The molecule has 0 aromatic heterocycles. The summed E-state index contributed by atoms with van der Waals surface area (Å²) in [5.74, 6) is 1.11. The molecule has 19 heavy (non-hydrogen) atoms.